The fraction of sp³-hybridized carbons (Fsp3) is 0.267. The van der Waals surface area contributed by atoms with Crippen LogP contribution in [0.3, 0.4) is 0 Å². The summed E-state index contributed by atoms with van der Waals surface area (Å²) in [7, 11) is 0. The minimum absolute atomic E-state index is 0.0252. The standard InChI is InChI=1S/C15H14ClF2NO2/c1-15(2,3)21-14(20)19-6-4-5-13(19)9-7-10(16)12(18)8-11(9)17/h4-8H,1-3H3. The van der Waals surface area contributed by atoms with E-state index in [9.17, 15) is 13.6 Å². The second-order valence-electron chi connectivity index (χ2n) is 5.49. The molecule has 0 bridgehead atoms. The van der Waals surface area contributed by atoms with Gasteiger partial charge in [-0.15, -0.1) is 0 Å². The third kappa shape index (κ3) is 3.42. The number of benzene rings is 1. The first-order valence-corrected chi connectivity index (χ1v) is 6.62. The van der Waals surface area contributed by atoms with Gasteiger partial charge in [-0.1, -0.05) is 11.6 Å². The third-order valence-electron chi connectivity index (χ3n) is 2.62. The van der Waals surface area contributed by atoms with Crippen LogP contribution in [0, 0.1) is 11.6 Å². The normalized spacial score (nSPS) is 11.5. The maximum Gasteiger partial charge on any atom is 0.418 e. The molecular formula is C15H14ClF2NO2. The molecule has 0 aliphatic rings. The molecule has 0 unspecified atom stereocenters. The highest BCUT2D eigenvalue weighted by Gasteiger charge is 2.21. The van der Waals surface area contributed by atoms with E-state index in [1.807, 2.05) is 0 Å². The lowest BCUT2D eigenvalue weighted by atomic mass is 10.1. The Morgan fingerprint density at radius 1 is 1.24 bits per heavy atom. The van der Waals surface area contributed by atoms with Gasteiger partial charge in [-0.25, -0.2) is 13.6 Å². The minimum Gasteiger partial charge on any atom is -0.443 e. The Morgan fingerprint density at radius 2 is 1.90 bits per heavy atom. The van der Waals surface area contributed by atoms with Crippen LogP contribution in [-0.4, -0.2) is 16.3 Å². The molecule has 0 spiro atoms. The van der Waals surface area contributed by atoms with E-state index < -0.39 is 23.3 Å². The molecule has 0 N–H and O–H groups in total. The Hall–Kier alpha value is -1.88. The van der Waals surface area contributed by atoms with Crippen LogP contribution in [0.15, 0.2) is 30.5 Å². The first-order chi connectivity index (χ1) is 9.69. The number of aromatic nitrogens is 1. The van der Waals surface area contributed by atoms with Crippen LogP contribution in [-0.2, 0) is 4.74 Å². The summed E-state index contributed by atoms with van der Waals surface area (Å²) in [5.74, 6) is -1.66. The van der Waals surface area contributed by atoms with E-state index in [0.717, 1.165) is 10.6 Å². The molecule has 0 aliphatic heterocycles. The molecule has 2 aromatic rings. The number of carbonyl (C=O) groups is 1. The molecule has 2 rings (SSSR count). The van der Waals surface area contributed by atoms with Gasteiger partial charge in [0.25, 0.3) is 0 Å². The number of halogens is 3. The van der Waals surface area contributed by atoms with Crippen molar-refractivity contribution < 1.29 is 18.3 Å². The van der Waals surface area contributed by atoms with Crippen LogP contribution in [0.5, 0.6) is 0 Å². The Morgan fingerprint density at radius 3 is 2.52 bits per heavy atom. The van der Waals surface area contributed by atoms with Gasteiger partial charge >= 0.3 is 6.09 Å². The molecule has 3 nitrogen and oxygen atoms in total. The zero-order valence-electron chi connectivity index (χ0n) is 11.8. The van der Waals surface area contributed by atoms with Crippen molar-refractivity contribution >= 4 is 17.7 Å². The van der Waals surface area contributed by atoms with E-state index in [0.29, 0.717) is 6.07 Å². The highest BCUT2D eigenvalue weighted by atomic mass is 35.5. The monoisotopic (exact) mass is 313 g/mol. The van der Waals surface area contributed by atoms with Gasteiger partial charge in [0.15, 0.2) is 0 Å². The lowest BCUT2D eigenvalue weighted by Crippen LogP contribution is -2.27. The highest BCUT2D eigenvalue weighted by molar-refractivity contribution is 6.31. The molecular weight excluding hydrogens is 300 g/mol. The number of carbonyl (C=O) groups excluding carboxylic acids is 1. The molecule has 0 aliphatic carbocycles. The summed E-state index contributed by atoms with van der Waals surface area (Å²) >= 11 is 5.67. The quantitative estimate of drug-likeness (QED) is 0.703. The van der Waals surface area contributed by atoms with E-state index in [4.69, 9.17) is 16.3 Å². The van der Waals surface area contributed by atoms with E-state index in [1.165, 1.54) is 12.3 Å². The van der Waals surface area contributed by atoms with Crippen LogP contribution >= 0.6 is 11.6 Å². The molecule has 0 saturated heterocycles. The van der Waals surface area contributed by atoms with Crippen LogP contribution in [0.4, 0.5) is 13.6 Å². The molecule has 112 valence electrons. The Kier molecular flexibility index (Phi) is 4.05. The molecule has 0 saturated carbocycles. The zero-order chi connectivity index (χ0) is 15.8. The van der Waals surface area contributed by atoms with Crippen molar-refractivity contribution in [1.82, 2.24) is 4.57 Å². The average molecular weight is 314 g/mol. The number of hydrogen-bond acceptors (Lipinski definition) is 2. The first kappa shape index (κ1) is 15.5. The largest absolute Gasteiger partial charge is 0.443 e. The van der Waals surface area contributed by atoms with Crippen molar-refractivity contribution in [2.45, 2.75) is 26.4 Å². The Labute approximate surface area is 126 Å². The van der Waals surface area contributed by atoms with E-state index in [-0.39, 0.29) is 16.3 Å². The lowest BCUT2D eigenvalue weighted by molar-refractivity contribution is 0.0540. The van der Waals surface area contributed by atoms with Crippen molar-refractivity contribution in [3.8, 4) is 11.3 Å². The molecule has 0 fully saturated rings. The smallest absolute Gasteiger partial charge is 0.418 e. The van der Waals surface area contributed by atoms with Crippen LogP contribution in [0.2, 0.25) is 5.02 Å². The molecule has 1 heterocycles. The molecule has 0 radical (unpaired) electrons. The van der Waals surface area contributed by atoms with Gasteiger partial charge < -0.3 is 4.74 Å². The second-order valence-corrected chi connectivity index (χ2v) is 5.90. The van der Waals surface area contributed by atoms with Crippen molar-refractivity contribution in [3.05, 3.63) is 47.1 Å². The van der Waals surface area contributed by atoms with Gasteiger partial charge in [0, 0.05) is 17.8 Å². The predicted molar refractivity (Wildman–Crippen MR) is 76.4 cm³/mol. The van der Waals surface area contributed by atoms with Gasteiger partial charge in [-0.3, -0.25) is 4.57 Å². The van der Waals surface area contributed by atoms with Gasteiger partial charge in [-0.2, -0.15) is 0 Å². The van der Waals surface area contributed by atoms with Crippen LogP contribution in [0.25, 0.3) is 11.3 Å². The maximum absolute atomic E-state index is 13.9. The summed E-state index contributed by atoms with van der Waals surface area (Å²) in [5.41, 5.74) is -0.418. The molecule has 21 heavy (non-hydrogen) atoms. The maximum atomic E-state index is 13.9. The fourth-order valence-electron chi connectivity index (χ4n) is 1.79. The molecule has 1 aromatic heterocycles. The fourth-order valence-corrected chi connectivity index (χ4v) is 1.95. The van der Waals surface area contributed by atoms with Gasteiger partial charge in [0.05, 0.1) is 10.7 Å². The molecule has 0 atom stereocenters. The molecule has 0 amide bonds. The van der Waals surface area contributed by atoms with Gasteiger partial charge in [-0.05, 0) is 39.0 Å². The third-order valence-corrected chi connectivity index (χ3v) is 2.91. The van der Waals surface area contributed by atoms with E-state index in [2.05, 4.69) is 0 Å². The van der Waals surface area contributed by atoms with Crippen molar-refractivity contribution in [2.24, 2.45) is 0 Å². The SMILES string of the molecule is CC(C)(C)OC(=O)n1cccc1-c1cc(Cl)c(F)cc1F. The lowest BCUT2D eigenvalue weighted by Gasteiger charge is -2.20. The Balaban J connectivity index is 2.46. The number of ether oxygens (including phenoxy) is 1. The number of rotatable bonds is 1. The number of hydrogen-bond donors (Lipinski definition) is 0. The van der Waals surface area contributed by atoms with Crippen molar-refractivity contribution in [3.63, 3.8) is 0 Å². The predicted octanol–water partition coefficient (Wildman–Crippen LogP) is 4.87. The molecule has 1 aromatic carbocycles. The van der Waals surface area contributed by atoms with Gasteiger partial charge in [0.2, 0.25) is 0 Å². The summed E-state index contributed by atoms with van der Waals surface area (Å²) in [4.78, 5) is 12.1. The second kappa shape index (κ2) is 5.48. The summed E-state index contributed by atoms with van der Waals surface area (Å²) < 4.78 is 33.5. The summed E-state index contributed by atoms with van der Waals surface area (Å²) in [6.07, 6.45) is 0.794. The average Bonchev–Trinajstić information content (AvgIpc) is 2.80. The molecule has 6 heteroatoms. The van der Waals surface area contributed by atoms with E-state index in [1.54, 1.807) is 26.8 Å². The van der Waals surface area contributed by atoms with Crippen LogP contribution in [0.1, 0.15) is 20.8 Å². The first-order valence-electron chi connectivity index (χ1n) is 6.24. The Bertz CT molecular complexity index is 689. The summed E-state index contributed by atoms with van der Waals surface area (Å²) in [6, 6.07) is 4.92. The number of nitrogens with zero attached hydrogens (tertiary/aromatic N) is 1. The summed E-state index contributed by atoms with van der Waals surface area (Å²) in [5, 5.41) is -0.219. The zero-order valence-corrected chi connectivity index (χ0v) is 12.5. The topological polar surface area (TPSA) is 31.2 Å². The van der Waals surface area contributed by atoms with Crippen molar-refractivity contribution in [2.75, 3.05) is 0 Å². The van der Waals surface area contributed by atoms with Crippen LogP contribution < -0.4 is 0 Å². The minimum atomic E-state index is -0.853. The van der Waals surface area contributed by atoms with Gasteiger partial charge in [0.1, 0.15) is 17.2 Å². The van der Waals surface area contributed by atoms with E-state index >= 15 is 0 Å². The summed E-state index contributed by atoms with van der Waals surface area (Å²) in [6.45, 7) is 5.18. The van der Waals surface area contributed by atoms with Crippen molar-refractivity contribution in [1.29, 1.82) is 0 Å². The highest BCUT2D eigenvalue weighted by Crippen LogP contribution is 2.29.